The molecular weight excluding hydrogens is 297 g/mol. The van der Waals surface area contributed by atoms with Gasteiger partial charge in [0.15, 0.2) is 0 Å². The van der Waals surface area contributed by atoms with Crippen LogP contribution in [0.5, 0.6) is 5.75 Å². The minimum absolute atomic E-state index is 0.169. The molecule has 0 spiro atoms. The molecule has 4 heteroatoms. The number of benzene rings is 1. The zero-order chi connectivity index (χ0) is 13.2. The maximum absolute atomic E-state index is 14.7. The standard InChI is InChI=1S/C14H19BrFNO/c1-18-12-2-3-13(15)10(8-12)9-14(16)6-4-11(17)5-7-14/h2-3,8,11H,4-7,9,17H2,1H3. The van der Waals surface area contributed by atoms with Crippen LogP contribution in [0, 0.1) is 0 Å². The number of ether oxygens (including phenoxy) is 1. The number of methoxy groups -OCH3 is 1. The molecule has 0 heterocycles. The van der Waals surface area contributed by atoms with Gasteiger partial charge in [0.25, 0.3) is 0 Å². The van der Waals surface area contributed by atoms with Crippen LogP contribution in [-0.2, 0) is 6.42 Å². The number of rotatable bonds is 3. The van der Waals surface area contributed by atoms with E-state index in [1.54, 1.807) is 7.11 Å². The fourth-order valence-corrected chi connectivity index (χ4v) is 2.88. The Morgan fingerprint density at radius 3 is 2.72 bits per heavy atom. The van der Waals surface area contributed by atoms with Crippen LogP contribution in [0.15, 0.2) is 22.7 Å². The van der Waals surface area contributed by atoms with Crippen molar-refractivity contribution < 1.29 is 9.13 Å². The summed E-state index contributed by atoms with van der Waals surface area (Å²) >= 11 is 3.48. The fraction of sp³-hybridized carbons (Fsp3) is 0.571. The van der Waals surface area contributed by atoms with Crippen LogP contribution in [0.25, 0.3) is 0 Å². The molecule has 2 nitrogen and oxygen atoms in total. The Bertz CT molecular complexity index is 416. The van der Waals surface area contributed by atoms with Crippen LogP contribution >= 0.6 is 15.9 Å². The van der Waals surface area contributed by atoms with Crippen molar-refractivity contribution in [3.05, 3.63) is 28.2 Å². The van der Waals surface area contributed by atoms with E-state index < -0.39 is 5.67 Å². The first kappa shape index (κ1) is 13.8. The van der Waals surface area contributed by atoms with E-state index in [9.17, 15) is 4.39 Å². The molecule has 1 aromatic rings. The van der Waals surface area contributed by atoms with Gasteiger partial charge in [-0.1, -0.05) is 15.9 Å². The third kappa shape index (κ3) is 3.23. The van der Waals surface area contributed by atoms with Crippen molar-refractivity contribution in [1.29, 1.82) is 0 Å². The number of halogens is 2. The van der Waals surface area contributed by atoms with Crippen LogP contribution in [-0.4, -0.2) is 18.8 Å². The second-order valence-electron chi connectivity index (χ2n) is 5.12. The molecule has 0 aliphatic heterocycles. The molecule has 18 heavy (non-hydrogen) atoms. The Morgan fingerprint density at radius 2 is 2.11 bits per heavy atom. The molecule has 1 saturated carbocycles. The average Bonchev–Trinajstić information content (AvgIpc) is 2.36. The lowest BCUT2D eigenvalue weighted by Gasteiger charge is -2.32. The Morgan fingerprint density at radius 1 is 1.44 bits per heavy atom. The molecule has 0 unspecified atom stereocenters. The van der Waals surface area contributed by atoms with Gasteiger partial charge < -0.3 is 10.5 Å². The van der Waals surface area contributed by atoms with Gasteiger partial charge in [0, 0.05) is 16.9 Å². The van der Waals surface area contributed by atoms with E-state index in [1.165, 1.54) is 0 Å². The second-order valence-corrected chi connectivity index (χ2v) is 5.98. The summed E-state index contributed by atoms with van der Waals surface area (Å²) in [7, 11) is 1.62. The lowest BCUT2D eigenvalue weighted by molar-refractivity contribution is 0.0992. The van der Waals surface area contributed by atoms with Gasteiger partial charge in [0.1, 0.15) is 11.4 Å². The number of hydrogen-bond acceptors (Lipinski definition) is 2. The molecule has 100 valence electrons. The van der Waals surface area contributed by atoms with Gasteiger partial charge in [-0.2, -0.15) is 0 Å². The molecule has 1 aliphatic rings. The van der Waals surface area contributed by atoms with Crippen molar-refractivity contribution in [3.63, 3.8) is 0 Å². The van der Waals surface area contributed by atoms with Crippen LogP contribution in [0.1, 0.15) is 31.2 Å². The highest BCUT2D eigenvalue weighted by atomic mass is 79.9. The zero-order valence-corrected chi connectivity index (χ0v) is 12.2. The van der Waals surface area contributed by atoms with Crippen molar-refractivity contribution >= 4 is 15.9 Å². The third-order valence-corrected chi connectivity index (χ3v) is 4.46. The predicted octanol–water partition coefficient (Wildman–Crippen LogP) is 3.61. The van der Waals surface area contributed by atoms with Crippen LogP contribution in [0.3, 0.4) is 0 Å². The van der Waals surface area contributed by atoms with Gasteiger partial charge in [-0.15, -0.1) is 0 Å². The first-order valence-electron chi connectivity index (χ1n) is 6.29. The Kier molecular flexibility index (Phi) is 4.28. The molecule has 0 saturated heterocycles. The molecular formula is C14H19BrFNO. The molecule has 0 bridgehead atoms. The van der Waals surface area contributed by atoms with E-state index in [2.05, 4.69) is 15.9 Å². The Hall–Kier alpha value is -0.610. The van der Waals surface area contributed by atoms with Gasteiger partial charge >= 0.3 is 0 Å². The molecule has 0 amide bonds. The smallest absolute Gasteiger partial charge is 0.119 e. The summed E-state index contributed by atoms with van der Waals surface area (Å²) in [5.41, 5.74) is 5.67. The van der Waals surface area contributed by atoms with E-state index in [-0.39, 0.29) is 6.04 Å². The molecule has 2 N–H and O–H groups in total. The normalized spacial score (nSPS) is 28.1. The maximum atomic E-state index is 14.7. The van der Waals surface area contributed by atoms with E-state index >= 15 is 0 Å². The van der Waals surface area contributed by atoms with E-state index in [0.29, 0.717) is 19.3 Å². The summed E-state index contributed by atoms with van der Waals surface area (Å²) in [5.74, 6) is 0.768. The van der Waals surface area contributed by atoms with E-state index in [4.69, 9.17) is 10.5 Å². The van der Waals surface area contributed by atoms with Crippen LogP contribution < -0.4 is 10.5 Å². The maximum Gasteiger partial charge on any atom is 0.119 e. The highest BCUT2D eigenvalue weighted by molar-refractivity contribution is 9.10. The second kappa shape index (κ2) is 5.57. The zero-order valence-electron chi connectivity index (χ0n) is 10.6. The SMILES string of the molecule is COc1ccc(Br)c(CC2(F)CCC(N)CC2)c1. The summed E-state index contributed by atoms with van der Waals surface area (Å²) in [6, 6.07) is 5.85. The van der Waals surface area contributed by atoms with Crippen LogP contribution in [0.4, 0.5) is 4.39 Å². The quantitative estimate of drug-likeness (QED) is 0.924. The Balaban J connectivity index is 2.13. The summed E-state index contributed by atoms with van der Waals surface area (Å²) in [6.07, 6.45) is 3.09. The summed E-state index contributed by atoms with van der Waals surface area (Å²) in [6.45, 7) is 0. The fourth-order valence-electron chi connectivity index (χ4n) is 2.49. The van der Waals surface area contributed by atoms with Crippen molar-refractivity contribution in [2.45, 2.75) is 43.8 Å². The largest absolute Gasteiger partial charge is 0.497 e. The molecule has 1 fully saturated rings. The summed E-state index contributed by atoms with van der Waals surface area (Å²) < 4.78 is 20.9. The average molecular weight is 316 g/mol. The highest BCUT2D eigenvalue weighted by Gasteiger charge is 2.34. The first-order valence-corrected chi connectivity index (χ1v) is 7.09. The molecule has 1 aromatic carbocycles. The predicted molar refractivity (Wildman–Crippen MR) is 74.7 cm³/mol. The topological polar surface area (TPSA) is 35.2 Å². The van der Waals surface area contributed by atoms with Crippen molar-refractivity contribution in [2.75, 3.05) is 7.11 Å². The van der Waals surface area contributed by atoms with Crippen molar-refractivity contribution in [3.8, 4) is 5.75 Å². The van der Waals surface area contributed by atoms with Gasteiger partial charge in [-0.3, -0.25) is 0 Å². The number of nitrogens with two attached hydrogens (primary N) is 1. The highest BCUT2D eigenvalue weighted by Crippen LogP contribution is 2.36. The van der Waals surface area contributed by atoms with E-state index in [0.717, 1.165) is 28.6 Å². The molecule has 1 aliphatic carbocycles. The van der Waals surface area contributed by atoms with Crippen LogP contribution in [0.2, 0.25) is 0 Å². The van der Waals surface area contributed by atoms with Gasteiger partial charge in [-0.25, -0.2) is 4.39 Å². The van der Waals surface area contributed by atoms with Gasteiger partial charge in [0.05, 0.1) is 7.11 Å². The summed E-state index contributed by atoms with van der Waals surface area (Å²) in [4.78, 5) is 0. The van der Waals surface area contributed by atoms with Gasteiger partial charge in [-0.05, 0) is 49.4 Å². The third-order valence-electron chi connectivity index (χ3n) is 3.69. The monoisotopic (exact) mass is 315 g/mol. The molecule has 2 rings (SSSR count). The lowest BCUT2D eigenvalue weighted by Crippen LogP contribution is -2.37. The number of hydrogen-bond donors (Lipinski definition) is 1. The first-order chi connectivity index (χ1) is 8.52. The Labute approximate surface area is 116 Å². The van der Waals surface area contributed by atoms with E-state index in [1.807, 2.05) is 18.2 Å². The van der Waals surface area contributed by atoms with Crippen molar-refractivity contribution in [2.24, 2.45) is 5.73 Å². The molecule has 0 aromatic heterocycles. The van der Waals surface area contributed by atoms with Crippen molar-refractivity contribution in [1.82, 2.24) is 0 Å². The minimum atomic E-state index is -1.12. The number of alkyl halides is 1. The van der Waals surface area contributed by atoms with Gasteiger partial charge in [0.2, 0.25) is 0 Å². The molecule has 0 atom stereocenters. The molecule has 0 radical (unpaired) electrons. The minimum Gasteiger partial charge on any atom is -0.497 e. The summed E-state index contributed by atoms with van der Waals surface area (Å²) in [5, 5.41) is 0. The lowest BCUT2D eigenvalue weighted by atomic mass is 9.80.